The summed E-state index contributed by atoms with van der Waals surface area (Å²) in [6.07, 6.45) is 7.66. The van der Waals surface area contributed by atoms with Gasteiger partial charge in [0.05, 0.1) is 0 Å². The van der Waals surface area contributed by atoms with Gasteiger partial charge in [0.25, 0.3) is 0 Å². The molecule has 20 heavy (non-hydrogen) atoms. The molecular weight excluding hydrogens is 274 g/mol. The van der Waals surface area contributed by atoms with Crippen molar-refractivity contribution in [2.75, 3.05) is 6.54 Å². The van der Waals surface area contributed by atoms with Crippen molar-refractivity contribution in [3.8, 4) is 0 Å². The highest BCUT2D eigenvalue weighted by Crippen LogP contribution is 2.37. The first-order valence-corrected chi connectivity index (χ1v) is 7.96. The lowest BCUT2D eigenvalue weighted by molar-refractivity contribution is -0.146. The van der Waals surface area contributed by atoms with Gasteiger partial charge in [-0.05, 0) is 44.7 Å². The summed E-state index contributed by atoms with van der Waals surface area (Å²) in [6.45, 7) is 2.79. The average molecular weight is 295 g/mol. The summed E-state index contributed by atoms with van der Waals surface area (Å²) < 4.78 is 0. The van der Waals surface area contributed by atoms with Crippen molar-refractivity contribution < 1.29 is 9.90 Å². The van der Waals surface area contributed by atoms with Crippen LogP contribution in [0, 0.1) is 0 Å². The molecule has 1 aromatic heterocycles. The number of aromatic nitrogens is 2. The minimum Gasteiger partial charge on any atom is -0.480 e. The zero-order valence-corrected chi connectivity index (χ0v) is 12.5. The summed E-state index contributed by atoms with van der Waals surface area (Å²) in [4.78, 5) is 20.1. The van der Waals surface area contributed by atoms with E-state index in [-0.39, 0.29) is 5.25 Å². The van der Waals surface area contributed by atoms with E-state index in [0.29, 0.717) is 12.8 Å². The highest BCUT2D eigenvalue weighted by molar-refractivity contribution is 7.99. The van der Waals surface area contributed by atoms with E-state index in [9.17, 15) is 9.90 Å². The number of rotatable bonds is 6. The van der Waals surface area contributed by atoms with Gasteiger partial charge in [0.2, 0.25) is 0 Å². The van der Waals surface area contributed by atoms with E-state index in [2.05, 4.69) is 22.2 Å². The van der Waals surface area contributed by atoms with Crippen LogP contribution in [0.25, 0.3) is 0 Å². The number of carbonyl (C=O) groups is 1. The second kappa shape index (κ2) is 7.04. The van der Waals surface area contributed by atoms with Crippen LogP contribution >= 0.6 is 11.8 Å². The molecule has 0 bridgehead atoms. The Kier molecular flexibility index (Phi) is 5.37. The van der Waals surface area contributed by atoms with Gasteiger partial charge < -0.3 is 10.4 Å². The lowest BCUT2D eigenvalue weighted by Crippen LogP contribution is -2.55. The second-order valence-corrected chi connectivity index (χ2v) is 6.45. The lowest BCUT2D eigenvalue weighted by Gasteiger charge is -2.37. The van der Waals surface area contributed by atoms with E-state index in [0.717, 1.165) is 31.0 Å². The van der Waals surface area contributed by atoms with Crippen LogP contribution in [0.15, 0.2) is 23.6 Å². The van der Waals surface area contributed by atoms with Gasteiger partial charge in [-0.1, -0.05) is 18.7 Å². The molecule has 1 aromatic rings. The Labute approximate surface area is 123 Å². The SMILES string of the molecule is CCCNC1(C(=O)O)CCCC(Sc2ncccn2)C1. The number of hydrogen-bond donors (Lipinski definition) is 2. The van der Waals surface area contributed by atoms with Crippen LogP contribution in [-0.2, 0) is 4.79 Å². The maximum atomic E-state index is 11.7. The van der Waals surface area contributed by atoms with Crippen LogP contribution in [-0.4, -0.2) is 38.4 Å². The summed E-state index contributed by atoms with van der Waals surface area (Å²) in [5.74, 6) is -0.731. The van der Waals surface area contributed by atoms with E-state index < -0.39 is 11.5 Å². The topological polar surface area (TPSA) is 75.1 Å². The molecule has 6 heteroatoms. The van der Waals surface area contributed by atoms with E-state index in [1.807, 2.05) is 0 Å². The molecule has 0 amide bonds. The number of nitrogens with one attached hydrogen (secondary N) is 1. The van der Waals surface area contributed by atoms with Gasteiger partial charge in [-0.15, -0.1) is 0 Å². The van der Waals surface area contributed by atoms with Gasteiger partial charge in [0.15, 0.2) is 5.16 Å². The quantitative estimate of drug-likeness (QED) is 0.785. The fourth-order valence-corrected chi connectivity index (χ4v) is 3.81. The largest absolute Gasteiger partial charge is 0.480 e. The Bertz CT molecular complexity index is 443. The van der Waals surface area contributed by atoms with Crippen molar-refractivity contribution in [2.24, 2.45) is 0 Å². The number of thioether (sulfide) groups is 1. The third-order valence-electron chi connectivity index (χ3n) is 3.64. The summed E-state index contributed by atoms with van der Waals surface area (Å²) in [6, 6.07) is 1.79. The summed E-state index contributed by atoms with van der Waals surface area (Å²) in [7, 11) is 0. The molecule has 2 rings (SSSR count). The molecule has 5 nitrogen and oxygen atoms in total. The number of carboxylic acid groups (broad SMARTS) is 1. The van der Waals surface area contributed by atoms with Crippen LogP contribution in [0.3, 0.4) is 0 Å². The molecular formula is C14H21N3O2S. The summed E-state index contributed by atoms with van der Waals surface area (Å²) >= 11 is 1.59. The Morgan fingerprint density at radius 2 is 2.30 bits per heavy atom. The smallest absolute Gasteiger partial charge is 0.323 e. The number of aliphatic carboxylic acids is 1. The van der Waals surface area contributed by atoms with Crippen molar-refractivity contribution in [3.05, 3.63) is 18.5 Å². The highest BCUT2D eigenvalue weighted by atomic mass is 32.2. The molecule has 0 spiro atoms. The maximum absolute atomic E-state index is 11.7. The van der Waals surface area contributed by atoms with Gasteiger partial charge >= 0.3 is 5.97 Å². The standard InChI is InChI=1S/C14H21N3O2S/c1-2-7-17-14(12(18)19)6-3-5-11(10-14)20-13-15-8-4-9-16-13/h4,8-9,11,17H,2-3,5-7,10H2,1H3,(H,18,19). The Hall–Kier alpha value is -1.14. The van der Waals surface area contributed by atoms with Crippen LogP contribution < -0.4 is 5.32 Å². The summed E-state index contributed by atoms with van der Waals surface area (Å²) in [5.41, 5.74) is -0.777. The van der Waals surface area contributed by atoms with Gasteiger partial charge in [-0.3, -0.25) is 4.79 Å². The van der Waals surface area contributed by atoms with Crippen LogP contribution in [0.1, 0.15) is 39.0 Å². The Morgan fingerprint density at radius 3 is 2.95 bits per heavy atom. The fourth-order valence-electron chi connectivity index (χ4n) is 2.61. The molecule has 2 N–H and O–H groups in total. The molecule has 0 aliphatic heterocycles. The van der Waals surface area contributed by atoms with Crippen LogP contribution in [0.4, 0.5) is 0 Å². The minimum absolute atomic E-state index is 0.256. The normalized spacial score (nSPS) is 26.4. The zero-order valence-electron chi connectivity index (χ0n) is 11.7. The number of hydrogen-bond acceptors (Lipinski definition) is 5. The molecule has 2 unspecified atom stereocenters. The molecule has 1 heterocycles. The third kappa shape index (κ3) is 3.70. The molecule has 2 atom stereocenters. The third-order valence-corrected chi connectivity index (χ3v) is 4.80. The van der Waals surface area contributed by atoms with E-state index >= 15 is 0 Å². The lowest BCUT2D eigenvalue weighted by atomic mass is 9.81. The molecule has 1 aliphatic rings. The van der Waals surface area contributed by atoms with Gasteiger partial charge in [-0.25, -0.2) is 9.97 Å². The first kappa shape index (κ1) is 15.3. The molecule has 0 saturated heterocycles. The van der Waals surface area contributed by atoms with Crippen LogP contribution in [0.2, 0.25) is 0 Å². The van der Waals surface area contributed by atoms with Crippen molar-refractivity contribution in [2.45, 2.75) is 55.0 Å². The fraction of sp³-hybridized carbons (Fsp3) is 0.643. The predicted molar refractivity (Wildman–Crippen MR) is 78.8 cm³/mol. The number of nitrogens with zero attached hydrogens (tertiary/aromatic N) is 2. The Balaban J connectivity index is 2.04. The van der Waals surface area contributed by atoms with Gasteiger partial charge in [0.1, 0.15) is 5.54 Å². The van der Waals surface area contributed by atoms with Crippen molar-refractivity contribution in [3.63, 3.8) is 0 Å². The van der Waals surface area contributed by atoms with Crippen molar-refractivity contribution >= 4 is 17.7 Å². The predicted octanol–water partition coefficient (Wildman–Crippen LogP) is 2.33. The van der Waals surface area contributed by atoms with Crippen LogP contribution in [0.5, 0.6) is 0 Å². The Morgan fingerprint density at radius 1 is 1.55 bits per heavy atom. The molecule has 1 aliphatic carbocycles. The monoisotopic (exact) mass is 295 g/mol. The van der Waals surface area contributed by atoms with Gasteiger partial charge in [0, 0.05) is 17.6 Å². The maximum Gasteiger partial charge on any atom is 0.323 e. The second-order valence-electron chi connectivity index (χ2n) is 5.18. The van der Waals surface area contributed by atoms with E-state index in [1.165, 1.54) is 0 Å². The molecule has 1 saturated carbocycles. The number of carboxylic acids is 1. The van der Waals surface area contributed by atoms with Gasteiger partial charge in [-0.2, -0.15) is 0 Å². The molecule has 0 radical (unpaired) electrons. The minimum atomic E-state index is -0.777. The van der Waals surface area contributed by atoms with E-state index in [4.69, 9.17) is 0 Å². The molecule has 0 aromatic carbocycles. The summed E-state index contributed by atoms with van der Waals surface area (Å²) in [5, 5.41) is 13.8. The van der Waals surface area contributed by atoms with Crippen molar-refractivity contribution in [1.29, 1.82) is 0 Å². The molecule has 1 fully saturated rings. The van der Waals surface area contributed by atoms with Crippen molar-refractivity contribution in [1.82, 2.24) is 15.3 Å². The first-order valence-electron chi connectivity index (χ1n) is 7.08. The average Bonchev–Trinajstić information content (AvgIpc) is 2.46. The highest BCUT2D eigenvalue weighted by Gasteiger charge is 2.42. The first-order chi connectivity index (χ1) is 9.66. The van der Waals surface area contributed by atoms with E-state index in [1.54, 1.807) is 30.2 Å². The molecule has 110 valence electrons. The zero-order chi connectivity index (χ0) is 14.4.